The molecule has 0 radical (unpaired) electrons. The van der Waals surface area contributed by atoms with E-state index in [1.165, 1.54) is 6.07 Å². The number of hydrogen-bond donors (Lipinski definition) is 2. The Balaban J connectivity index is 2.33. The highest BCUT2D eigenvalue weighted by Crippen LogP contribution is 2.30. The van der Waals surface area contributed by atoms with Gasteiger partial charge in [-0.2, -0.15) is 0 Å². The highest BCUT2D eigenvalue weighted by atomic mass is 19.3. The predicted molar refractivity (Wildman–Crippen MR) is 65.5 cm³/mol. The Morgan fingerprint density at radius 3 is 2.35 bits per heavy atom. The maximum atomic E-state index is 12.8. The second-order valence-electron chi connectivity index (χ2n) is 3.64. The summed E-state index contributed by atoms with van der Waals surface area (Å²) in [5.41, 5.74) is 6.88. The monoisotopic (exact) mass is 234 g/mol. The minimum Gasteiger partial charge on any atom is -0.399 e. The molecule has 0 aliphatic carbocycles. The van der Waals surface area contributed by atoms with Crippen molar-refractivity contribution < 1.29 is 8.78 Å². The Labute approximate surface area is 98.1 Å². The third-order valence-electron chi connectivity index (χ3n) is 2.36. The molecule has 0 saturated heterocycles. The summed E-state index contributed by atoms with van der Waals surface area (Å²) in [7, 11) is 0. The Morgan fingerprint density at radius 1 is 1.00 bits per heavy atom. The Hall–Kier alpha value is -2.10. The lowest BCUT2D eigenvalue weighted by Crippen LogP contribution is -1.98. The Bertz CT molecular complexity index is 498. The molecule has 17 heavy (non-hydrogen) atoms. The van der Waals surface area contributed by atoms with E-state index < -0.39 is 6.43 Å². The molecule has 0 bridgehead atoms. The molecule has 0 aliphatic heterocycles. The molecule has 2 aromatic rings. The lowest BCUT2D eigenvalue weighted by Gasteiger charge is -2.12. The van der Waals surface area contributed by atoms with E-state index >= 15 is 0 Å². The highest BCUT2D eigenvalue weighted by molar-refractivity contribution is 5.66. The zero-order valence-electron chi connectivity index (χ0n) is 9.03. The summed E-state index contributed by atoms with van der Waals surface area (Å²) in [6.45, 7) is 0. The van der Waals surface area contributed by atoms with Crippen LogP contribution < -0.4 is 11.1 Å². The van der Waals surface area contributed by atoms with Crippen LogP contribution in [0.5, 0.6) is 0 Å². The molecule has 0 aliphatic rings. The fraction of sp³-hybridized carbons (Fsp3) is 0.0769. The van der Waals surface area contributed by atoms with Crippen LogP contribution in [-0.4, -0.2) is 0 Å². The van der Waals surface area contributed by atoms with E-state index in [9.17, 15) is 8.78 Å². The topological polar surface area (TPSA) is 38.0 Å². The van der Waals surface area contributed by atoms with Gasteiger partial charge in [-0.1, -0.05) is 18.2 Å². The number of hydrogen-bond acceptors (Lipinski definition) is 2. The van der Waals surface area contributed by atoms with Gasteiger partial charge in [0.25, 0.3) is 6.43 Å². The number of alkyl halides is 2. The van der Waals surface area contributed by atoms with E-state index in [0.29, 0.717) is 11.4 Å². The van der Waals surface area contributed by atoms with Crippen LogP contribution >= 0.6 is 0 Å². The SMILES string of the molecule is Nc1ccc(Nc2ccccc2)c(C(F)F)c1. The predicted octanol–water partition coefficient (Wildman–Crippen LogP) is 3.95. The molecule has 0 saturated carbocycles. The van der Waals surface area contributed by atoms with E-state index in [4.69, 9.17) is 5.73 Å². The van der Waals surface area contributed by atoms with E-state index in [1.807, 2.05) is 30.3 Å². The smallest absolute Gasteiger partial charge is 0.265 e. The number of nitrogens with two attached hydrogens (primary N) is 1. The van der Waals surface area contributed by atoms with Crippen LogP contribution in [0.15, 0.2) is 48.5 Å². The number of rotatable bonds is 3. The molecule has 2 aromatic carbocycles. The minimum absolute atomic E-state index is 0.0890. The van der Waals surface area contributed by atoms with Crippen molar-refractivity contribution in [3.05, 3.63) is 54.1 Å². The van der Waals surface area contributed by atoms with Gasteiger partial charge in [-0.25, -0.2) is 8.78 Å². The molecule has 0 unspecified atom stereocenters. The van der Waals surface area contributed by atoms with Crippen molar-refractivity contribution in [1.29, 1.82) is 0 Å². The first kappa shape index (κ1) is 11.4. The van der Waals surface area contributed by atoms with E-state index in [2.05, 4.69) is 5.32 Å². The lowest BCUT2D eigenvalue weighted by atomic mass is 10.1. The van der Waals surface area contributed by atoms with Gasteiger partial charge in [0, 0.05) is 22.6 Å². The van der Waals surface area contributed by atoms with Crippen molar-refractivity contribution >= 4 is 17.1 Å². The fourth-order valence-electron chi connectivity index (χ4n) is 1.55. The summed E-state index contributed by atoms with van der Waals surface area (Å²) in [5, 5.41) is 2.95. The largest absolute Gasteiger partial charge is 0.399 e. The highest BCUT2D eigenvalue weighted by Gasteiger charge is 2.13. The van der Waals surface area contributed by atoms with Crippen molar-refractivity contribution in [2.24, 2.45) is 0 Å². The standard InChI is InChI=1S/C13H12F2N2/c14-13(15)11-8-9(16)6-7-12(11)17-10-4-2-1-3-5-10/h1-8,13,17H,16H2. The van der Waals surface area contributed by atoms with Crippen LogP contribution in [0.25, 0.3) is 0 Å². The van der Waals surface area contributed by atoms with Gasteiger partial charge in [0.15, 0.2) is 0 Å². The molecule has 3 N–H and O–H groups in total. The first-order valence-electron chi connectivity index (χ1n) is 5.16. The van der Waals surface area contributed by atoms with Crippen molar-refractivity contribution in [2.75, 3.05) is 11.1 Å². The molecule has 4 heteroatoms. The first-order valence-corrected chi connectivity index (χ1v) is 5.16. The Kier molecular flexibility index (Phi) is 3.23. The van der Waals surface area contributed by atoms with Gasteiger partial charge in [0.2, 0.25) is 0 Å². The fourth-order valence-corrected chi connectivity index (χ4v) is 1.55. The average molecular weight is 234 g/mol. The van der Waals surface area contributed by atoms with Crippen molar-refractivity contribution in [3.63, 3.8) is 0 Å². The molecule has 0 spiro atoms. The van der Waals surface area contributed by atoms with E-state index in [1.54, 1.807) is 12.1 Å². The molecule has 0 aromatic heterocycles. The third-order valence-corrected chi connectivity index (χ3v) is 2.36. The van der Waals surface area contributed by atoms with Gasteiger partial charge in [-0.05, 0) is 30.3 Å². The van der Waals surface area contributed by atoms with Gasteiger partial charge < -0.3 is 11.1 Å². The van der Waals surface area contributed by atoms with Crippen LogP contribution in [0.1, 0.15) is 12.0 Å². The summed E-state index contributed by atoms with van der Waals surface area (Å²) < 4.78 is 25.6. The van der Waals surface area contributed by atoms with Crippen LogP contribution in [0, 0.1) is 0 Å². The van der Waals surface area contributed by atoms with Crippen molar-refractivity contribution in [3.8, 4) is 0 Å². The van der Waals surface area contributed by atoms with Gasteiger partial charge in [0.1, 0.15) is 0 Å². The lowest BCUT2D eigenvalue weighted by molar-refractivity contribution is 0.152. The molecule has 2 nitrogen and oxygen atoms in total. The van der Waals surface area contributed by atoms with Crippen LogP contribution in [0.3, 0.4) is 0 Å². The molecule has 0 amide bonds. The molecule has 0 heterocycles. The van der Waals surface area contributed by atoms with Crippen LogP contribution in [0.2, 0.25) is 0 Å². The number of nitrogens with one attached hydrogen (secondary N) is 1. The third kappa shape index (κ3) is 2.72. The van der Waals surface area contributed by atoms with Crippen molar-refractivity contribution in [1.82, 2.24) is 0 Å². The normalized spacial score (nSPS) is 10.5. The number of para-hydroxylation sites is 1. The molecular weight excluding hydrogens is 222 g/mol. The number of halogens is 2. The van der Waals surface area contributed by atoms with Gasteiger partial charge >= 0.3 is 0 Å². The second kappa shape index (κ2) is 4.82. The zero-order chi connectivity index (χ0) is 12.3. The summed E-state index contributed by atoms with van der Waals surface area (Å²) in [6, 6.07) is 13.6. The van der Waals surface area contributed by atoms with Gasteiger partial charge in [-0.15, -0.1) is 0 Å². The van der Waals surface area contributed by atoms with E-state index in [0.717, 1.165) is 5.69 Å². The first-order chi connectivity index (χ1) is 8.16. The molecular formula is C13H12F2N2. The second-order valence-corrected chi connectivity index (χ2v) is 3.64. The summed E-state index contributed by atoms with van der Waals surface area (Å²) in [5.74, 6) is 0. The molecule has 2 rings (SSSR count). The number of nitrogen functional groups attached to an aromatic ring is 1. The molecule has 0 fully saturated rings. The quantitative estimate of drug-likeness (QED) is 0.789. The summed E-state index contributed by atoms with van der Waals surface area (Å²) in [4.78, 5) is 0. The molecule has 0 atom stereocenters. The number of anilines is 3. The summed E-state index contributed by atoms with van der Waals surface area (Å²) >= 11 is 0. The number of benzene rings is 2. The maximum Gasteiger partial charge on any atom is 0.265 e. The molecule has 88 valence electrons. The van der Waals surface area contributed by atoms with Crippen LogP contribution in [0.4, 0.5) is 25.8 Å². The summed E-state index contributed by atoms with van der Waals surface area (Å²) in [6.07, 6.45) is -2.55. The van der Waals surface area contributed by atoms with Crippen LogP contribution in [-0.2, 0) is 0 Å². The van der Waals surface area contributed by atoms with Gasteiger partial charge in [-0.3, -0.25) is 0 Å². The zero-order valence-corrected chi connectivity index (χ0v) is 9.03. The minimum atomic E-state index is -2.55. The van der Waals surface area contributed by atoms with E-state index in [-0.39, 0.29) is 5.56 Å². The van der Waals surface area contributed by atoms with Crippen molar-refractivity contribution in [2.45, 2.75) is 6.43 Å². The average Bonchev–Trinajstić information content (AvgIpc) is 2.32. The Morgan fingerprint density at radius 2 is 1.71 bits per heavy atom. The van der Waals surface area contributed by atoms with Gasteiger partial charge in [0.05, 0.1) is 0 Å². The maximum absolute atomic E-state index is 12.8.